The van der Waals surface area contributed by atoms with Gasteiger partial charge in [-0.25, -0.2) is 0 Å². The van der Waals surface area contributed by atoms with Crippen molar-refractivity contribution in [1.29, 1.82) is 0 Å². The normalized spacial score (nSPS) is 15.9. The fourth-order valence-electron chi connectivity index (χ4n) is 3.96. The number of carbonyl (C=O) groups excluding carboxylic acids is 2. The molecule has 0 unspecified atom stereocenters. The van der Waals surface area contributed by atoms with Gasteiger partial charge < -0.3 is 10.2 Å². The number of thiocarbonyl (C=S) groups is 1. The molecule has 5 nitrogen and oxygen atoms in total. The van der Waals surface area contributed by atoms with E-state index in [0.717, 1.165) is 27.1 Å². The lowest BCUT2D eigenvalue weighted by Crippen LogP contribution is -2.39. The molecule has 3 aromatic rings. The molecule has 1 aliphatic heterocycles. The van der Waals surface area contributed by atoms with E-state index in [4.69, 9.17) is 12.2 Å². The third-order valence-corrected chi connectivity index (χ3v) is 6.69. The van der Waals surface area contributed by atoms with Crippen LogP contribution in [0.25, 0.3) is 0 Å². The Bertz CT molecular complexity index is 1270. The van der Waals surface area contributed by atoms with Gasteiger partial charge in [-0.05, 0) is 66.7 Å². The summed E-state index contributed by atoms with van der Waals surface area (Å²) in [5.74, 6) is -0.951. The van der Waals surface area contributed by atoms with E-state index in [0.29, 0.717) is 18.7 Å². The molecule has 0 bridgehead atoms. The highest BCUT2D eigenvalue weighted by molar-refractivity contribution is 9.10. The molecular formula is C26H21BrF3N3O2S. The Hall–Kier alpha value is -3.24. The van der Waals surface area contributed by atoms with Crippen molar-refractivity contribution >= 4 is 56.4 Å². The molecule has 1 aliphatic rings. The Labute approximate surface area is 220 Å². The van der Waals surface area contributed by atoms with Gasteiger partial charge in [0.1, 0.15) is 6.04 Å². The van der Waals surface area contributed by atoms with Crippen LogP contribution in [-0.4, -0.2) is 34.4 Å². The molecule has 1 N–H and O–H groups in total. The predicted molar refractivity (Wildman–Crippen MR) is 140 cm³/mol. The van der Waals surface area contributed by atoms with Crippen LogP contribution in [-0.2, 0) is 22.2 Å². The van der Waals surface area contributed by atoms with Crippen LogP contribution in [0.2, 0.25) is 0 Å². The van der Waals surface area contributed by atoms with Gasteiger partial charge >= 0.3 is 6.18 Å². The summed E-state index contributed by atoms with van der Waals surface area (Å²) in [4.78, 5) is 29.0. The van der Waals surface area contributed by atoms with Crippen LogP contribution in [0.1, 0.15) is 17.5 Å². The number of hydrogen-bond donors (Lipinski definition) is 1. The first-order valence-electron chi connectivity index (χ1n) is 11.0. The number of anilines is 2. The molecule has 10 heteroatoms. The van der Waals surface area contributed by atoms with Gasteiger partial charge in [0.15, 0.2) is 5.11 Å². The molecule has 0 spiro atoms. The zero-order valence-electron chi connectivity index (χ0n) is 18.8. The summed E-state index contributed by atoms with van der Waals surface area (Å²) in [5.41, 5.74) is 0.688. The molecule has 2 amide bonds. The Morgan fingerprint density at radius 3 is 2.36 bits per heavy atom. The highest BCUT2D eigenvalue weighted by atomic mass is 79.9. The van der Waals surface area contributed by atoms with E-state index in [1.165, 1.54) is 12.1 Å². The quantitative estimate of drug-likeness (QED) is 0.349. The second kappa shape index (κ2) is 10.8. The third kappa shape index (κ3) is 5.93. The molecule has 0 aliphatic carbocycles. The molecule has 0 aromatic heterocycles. The first kappa shape index (κ1) is 25.8. The summed E-state index contributed by atoms with van der Waals surface area (Å²) in [6.45, 7) is 0.320. The molecule has 1 heterocycles. The van der Waals surface area contributed by atoms with Crippen molar-refractivity contribution in [2.24, 2.45) is 0 Å². The molecule has 1 saturated heterocycles. The molecule has 1 fully saturated rings. The van der Waals surface area contributed by atoms with Crippen molar-refractivity contribution < 1.29 is 22.8 Å². The Morgan fingerprint density at radius 2 is 1.69 bits per heavy atom. The number of halogens is 4. The van der Waals surface area contributed by atoms with E-state index >= 15 is 0 Å². The lowest BCUT2D eigenvalue weighted by atomic mass is 10.1. The number of hydrogen-bond acceptors (Lipinski definition) is 3. The maximum atomic E-state index is 13.5. The number of nitrogens with one attached hydrogen (secondary N) is 1. The number of benzene rings is 3. The average Bonchev–Trinajstić information content (AvgIpc) is 3.08. The first-order chi connectivity index (χ1) is 17.1. The van der Waals surface area contributed by atoms with E-state index in [9.17, 15) is 22.8 Å². The fourth-order valence-corrected chi connectivity index (χ4v) is 4.64. The monoisotopic (exact) mass is 575 g/mol. The van der Waals surface area contributed by atoms with Gasteiger partial charge in [-0.2, -0.15) is 13.2 Å². The second-order valence-corrected chi connectivity index (χ2v) is 9.49. The third-order valence-electron chi connectivity index (χ3n) is 5.74. The van der Waals surface area contributed by atoms with Crippen molar-refractivity contribution in [3.63, 3.8) is 0 Å². The van der Waals surface area contributed by atoms with Gasteiger partial charge in [0, 0.05) is 16.7 Å². The zero-order valence-corrected chi connectivity index (χ0v) is 21.2. The maximum absolute atomic E-state index is 13.5. The minimum Gasteiger partial charge on any atom is -0.336 e. The summed E-state index contributed by atoms with van der Waals surface area (Å²) in [7, 11) is 0. The minimum atomic E-state index is -4.57. The molecule has 0 saturated carbocycles. The zero-order chi connectivity index (χ0) is 25.9. The number of amides is 2. The van der Waals surface area contributed by atoms with Crippen LogP contribution in [0.3, 0.4) is 0 Å². The molecular weight excluding hydrogens is 555 g/mol. The lowest BCUT2D eigenvalue weighted by Gasteiger charge is -2.24. The summed E-state index contributed by atoms with van der Waals surface area (Å²) in [6, 6.07) is 20.0. The molecule has 186 valence electrons. The summed E-state index contributed by atoms with van der Waals surface area (Å²) < 4.78 is 40.8. The van der Waals surface area contributed by atoms with Gasteiger partial charge in [-0.1, -0.05) is 52.3 Å². The van der Waals surface area contributed by atoms with Gasteiger partial charge in [-0.3, -0.25) is 14.5 Å². The number of nitrogens with zero attached hydrogens (tertiary/aromatic N) is 2. The van der Waals surface area contributed by atoms with Gasteiger partial charge in [0.05, 0.1) is 17.7 Å². The van der Waals surface area contributed by atoms with Crippen LogP contribution in [0.4, 0.5) is 24.5 Å². The average molecular weight is 576 g/mol. The van der Waals surface area contributed by atoms with Gasteiger partial charge in [-0.15, -0.1) is 0 Å². The summed E-state index contributed by atoms with van der Waals surface area (Å²) in [6.07, 6.45) is -4.24. The Morgan fingerprint density at radius 1 is 1.00 bits per heavy atom. The Kier molecular flexibility index (Phi) is 7.75. The van der Waals surface area contributed by atoms with Crippen molar-refractivity contribution in [1.82, 2.24) is 4.90 Å². The number of alkyl halides is 3. The maximum Gasteiger partial charge on any atom is 0.416 e. The van der Waals surface area contributed by atoms with Crippen LogP contribution >= 0.6 is 28.1 Å². The standard InChI is InChI=1S/C26H21BrF3N3O2S/c27-19-9-11-20(12-10-19)31-23(34)16-22-24(35)33(21-8-4-7-18(15-21)26(28,29)30)25(36)32(22)14-13-17-5-2-1-3-6-17/h1-12,15,22H,13-14,16H2,(H,31,34)/t22-/m0/s1. The molecule has 4 rings (SSSR count). The van der Waals surface area contributed by atoms with Crippen LogP contribution in [0.15, 0.2) is 83.3 Å². The number of rotatable bonds is 7. The lowest BCUT2D eigenvalue weighted by molar-refractivity contribution is -0.137. The van der Waals surface area contributed by atoms with Crippen LogP contribution in [0, 0.1) is 0 Å². The highest BCUT2D eigenvalue weighted by Gasteiger charge is 2.44. The van der Waals surface area contributed by atoms with Crippen LogP contribution < -0.4 is 10.2 Å². The van der Waals surface area contributed by atoms with E-state index < -0.39 is 29.6 Å². The fraction of sp³-hybridized carbons (Fsp3) is 0.192. The smallest absolute Gasteiger partial charge is 0.336 e. The molecule has 3 aromatic carbocycles. The van der Waals surface area contributed by atoms with Crippen LogP contribution in [0.5, 0.6) is 0 Å². The van der Waals surface area contributed by atoms with Gasteiger partial charge in [0.2, 0.25) is 5.91 Å². The molecule has 0 radical (unpaired) electrons. The molecule has 36 heavy (non-hydrogen) atoms. The molecule has 1 atom stereocenters. The second-order valence-electron chi connectivity index (χ2n) is 8.21. The minimum absolute atomic E-state index is 0.0142. The number of carbonyl (C=O) groups is 2. The Balaban J connectivity index is 1.59. The topological polar surface area (TPSA) is 52.7 Å². The van der Waals surface area contributed by atoms with Gasteiger partial charge in [0.25, 0.3) is 5.91 Å². The first-order valence-corrected chi connectivity index (χ1v) is 12.2. The summed E-state index contributed by atoms with van der Waals surface area (Å²) >= 11 is 8.89. The highest BCUT2D eigenvalue weighted by Crippen LogP contribution is 2.34. The van der Waals surface area contributed by atoms with E-state index in [-0.39, 0.29) is 17.2 Å². The van der Waals surface area contributed by atoms with E-state index in [1.807, 2.05) is 30.3 Å². The van der Waals surface area contributed by atoms with Crippen molar-refractivity contribution in [2.45, 2.75) is 25.1 Å². The van der Waals surface area contributed by atoms with Crippen molar-refractivity contribution in [2.75, 3.05) is 16.8 Å². The largest absolute Gasteiger partial charge is 0.416 e. The van der Waals surface area contributed by atoms with Crippen molar-refractivity contribution in [3.05, 3.63) is 94.5 Å². The summed E-state index contributed by atoms with van der Waals surface area (Å²) in [5, 5.41) is 2.83. The predicted octanol–water partition coefficient (Wildman–Crippen LogP) is 6.04. The van der Waals surface area contributed by atoms with E-state index in [2.05, 4.69) is 21.2 Å². The SMILES string of the molecule is O=C(C[C@H]1C(=O)N(c2cccc(C(F)(F)F)c2)C(=S)N1CCc1ccccc1)Nc1ccc(Br)cc1. The van der Waals surface area contributed by atoms with Crippen molar-refractivity contribution in [3.8, 4) is 0 Å². The van der Waals surface area contributed by atoms with E-state index in [1.54, 1.807) is 29.2 Å².